The van der Waals surface area contributed by atoms with E-state index in [1.165, 1.54) is 0 Å². The molecule has 0 aliphatic rings. The summed E-state index contributed by atoms with van der Waals surface area (Å²) in [5.41, 5.74) is 1.79. The molecule has 1 aromatic rings. The van der Waals surface area contributed by atoms with Gasteiger partial charge in [-0.25, -0.2) is 0 Å². The molecule has 0 aliphatic carbocycles. The lowest BCUT2D eigenvalue weighted by Gasteiger charge is -2.20. The molecule has 0 unspecified atom stereocenters. The maximum absolute atomic E-state index is 11.3. The largest absolute Gasteiger partial charge is 0.383 e. The number of carbonyl (C=O) groups is 1. The predicted molar refractivity (Wildman–Crippen MR) is 78.3 cm³/mol. The number of halogens is 1. The summed E-state index contributed by atoms with van der Waals surface area (Å²) in [6, 6.07) is 5.46. The van der Waals surface area contributed by atoms with Crippen molar-refractivity contribution in [2.45, 2.75) is 34.1 Å². The van der Waals surface area contributed by atoms with E-state index in [2.05, 4.69) is 31.4 Å². The predicted octanol–water partition coefficient (Wildman–Crippen LogP) is 4.15. The first-order valence-electron chi connectivity index (χ1n) is 6.15. The van der Waals surface area contributed by atoms with Gasteiger partial charge < -0.3 is 10.6 Å². The fourth-order valence-corrected chi connectivity index (χ4v) is 1.53. The number of carbonyl (C=O) groups excluding carboxylic acids is 1. The number of hydrogen-bond acceptors (Lipinski definition) is 2. The van der Waals surface area contributed by atoms with Crippen molar-refractivity contribution in [1.82, 2.24) is 0 Å². The second-order valence-electron chi connectivity index (χ2n) is 5.51. The monoisotopic (exact) mass is 268 g/mol. The lowest BCUT2D eigenvalue weighted by atomic mass is 9.97. The zero-order chi connectivity index (χ0) is 13.8. The van der Waals surface area contributed by atoms with Gasteiger partial charge >= 0.3 is 0 Å². The Balaban J connectivity index is 2.78. The van der Waals surface area contributed by atoms with Gasteiger partial charge in [0.25, 0.3) is 0 Å². The summed E-state index contributed by atoms with van der Waals surface area (Å²) in [6.45, 7) is 9.09. The third-order valence-corrected chi connectivity index (χ3v) is 2.71. The zero-order valence-corrected chi connectivity index (χ0v) is 12.2. The Bertz CT molecular complexity index is 424. The molecule has 1 aromatic carbocycles. The standard InChI is InChI=1S/C14H21ClN2O/c1-5-13(18)17-10-6-7-11(15)12(8-10)16-9-14(2,3)4/h6-8,16H,5,9H2,1-4H3,(H,17,18). The molecule has 0 radical (unpaired) electrons. The third kappa shape index (κ3) is 4.96. The molecule has 2 N–H and O–H groups in total. The van der Waals surface area contributed by atoms with Crippen LogP contribution in [0.25, 0.3) is 0 Å². The van der Waals surface area contributed by atoms with Crippen LogP contribution in [0.15, 0.2) is 18.2 Å². The highest BCUT2D eigenvalue weighted by molar-refractivity contribution is 6.33. The van der Waals surface area contributed by atoms with E-state index in [1.807, 2.05) is 13.0 Å². The summed E-state index contributed by atoms with van der Waals surface area (Å²) >= 11 is 6.12. The van der Waals surface area contributed by atoms with Crippen LogP contribution in [0.5, 0.6) is 0 Å². The average molecular weight is 269 g/mol. The van der Waals surface area contributed by atoms with Crippen LogP contribution in [-0.4, -0.2) is 12.5 Å². The second-order valence-corrected chi connectivity index (χ2v) is 5.92. The molecular formula is C14H21ClN2O. The molecule has 1 amide bonds. The fraction of sp³-hybridized carbons (Fsp3) is 0.500. The molecule has 0 spiro atoms. The molecule has 0 aliphatic heterocycles. The van der Waals surface area contributed by atoms with Crippen LogP contribution in [0.2, 0.25) is 5.02 Å². The lowest BCUT2D eigenvalue weighted by molar-refractivity contribution is -0.115. The summed E-state index contributed by atoms with van der Waals surface area (Å²) < 4.78 is 0. The molecule has 0 bridgehead atoms. The van der Waals surface area contributed by atoms with Crippen LogP contribution in [0, 0.1) is 5.41 Å². The number of nitrogens with one attached hydrogen (secondary N) is 2. The Morgan fingerprint density at radius 2 is 2.00 bits per heavy atom. The van der Waals surface area contributed by atoms with Crippen molar-refractivity contribution in [2.75, 3.05) is 17.2 Å². The minimum absolute atomic E-state index is 0.000839. The first-order valence-corrected chi connectivity index (χ1v) is 6.53. The molecule has 4 heteroatoms. The maximum atomic E-state index is 11.3. The number of anilines is 2. The van der Waals surface area contributed by atoms with Gasteiger partial charge in [0.15, 0.2) is 0 Å². The molecule has 100 valence electrons. The highest BCUT2D eigenvalue weighted by Crippen LogP contribution is 2.27. The van der Waals surface area contributed by atoms with Crippen LogP contribution in [0.4, 0.5) is 11.4 Å². The van der Waals surface area contributed by atoms with E-state index in [1.54, 1.807) is 12.1 Å². The Morgan fingerprint density at radius 1 is 1.33 bits per heavy atom. The van der Waals surface area contributed by atoms with E-state index in [-0.39, 0.29) is 11.3 Å². The van der Waals surface area contributed by atoms with Crippen molar-refractivity contribution in [3.63, 3.8) is 0 Å². The molecule has 0 heterocycles. The SMILES string of the molecule is CCC(=O)Nc1ccc(Cl)c(NCC(C)(C)C)c1. The Labute approximate surface area is 114 Å². The minimum Gasteiger partial charge on any atom is -0.383 e. The molecule has 0 fully saturated rings. The topological polar surface area (TPSA) is 41.1 Å². The van der Waals surface area contributed by atoms with Crippen LogP contribution in [0.3, 0.4) is 0 Å². The second kappa shape index (κ2) is 6.10. The summed E-state index contributed by atoms with van der Waals surface area (Å²) in [7, 11) is 0. The molecule has 1 rings (SSSR count). The zero-order valence-electron chi connectivity index (χ0n) is 11.4. The Hall–Kier alpha value is -1.22. The van der Waals surface area contributed by atoms with Crippen molar-refractivity contribution in [1.29, 1.82) is 0 Å². The number of benzene rings is 1. The van der Waals surface area contributed by atoms with Gasteiger partial charge in [0.1, 0.15) is 0 Å². The van der Waals surface area contributed by atoms with Gasteiger partial charge in [-0.3, -0.25) is 4.79 Å². The van der Waals surface area contributed by atoms with Crippen molar-refractivity contribution < 1.29 is 4.79 Å². The fourth-order valence-electron chi connectivity index (χ4n) is 1.35. The Morgan fingerprint density at radius 3 is 2.56 bits per heavy atom. The lowest BCUT2D eigenvalue weighted by Crippen LogP contribution is -2.19. The highest BCUT2D eigenvalue weighted by Gasteiger charge is 2.11. The summed E-state index contributed by atoms with van der Waals surface area (Å²) in [4.78, 5) is 11.3. The highest BCUT2D eigenvalue weighted by atomic mass is 35.5. The average Bonchev–Trinajstić information content (AvgIpc) is 2.28. The van der Waals surface area contributed by atoms with E-state index in [4.69, 9.17) is 11.6 Å². The quantitative estimate of drug-likeness (QED) is 0.861. The van der Waals surface area contributed by atoms with Crippen molar-refractivity contribution in [3.8, 4) is 0 Å². The van der Waals surface area contributed by atoms with Crippen LogP contribution in [-0.2, 0) is 4.79 Å². The first kappa shape index (κ1) is 14.8. The van der Waals surface area contributed by atoms with E-state index < -0.39 is 0 Å². The number of rotatable bonds is 4. The van der Waals surface area contributed by atoms with E-state index in [0.29, 0.717) is 11.4 Å². The van der Waals surface area contributed by atoms with E-state index in [0.717, 1.165) is 17.9 Å². The molecular weight excluding hydrogens is 248 g/mol. The number of hydrogen-bond donors (Lipinski definition) is 2. The first-order chi connectivity index (χ1) is 8.31. The molecule has 18 heavy (non-hydrogen) atoms. The molecule has 0 aromatic heterocycles. The number of amides is 1. The van der Waals surface area contributed by atoms with Crippen LogP contribution < -0.4 is 10.6 Å². The van der Waals surface area contributed by atoms with Crippen molar-refractivity contribution >= 4 is 28.9 Å². The normalized spacial score (nSPS) is 11.2. The smallest absolute Gasteiger partial charge is 0.224 e. The van der Waals surface area contributed by atoms with Gasteiger partial charge in [0, 0.05) is 18.7 Å². The van der Waals surface area contributed by atoms with Gasteiger partial charge in [0.2, 0.25) is 5.91 Å². The van der Waals surface area contributed by atoms with Gasteiger partial charge in [-0.1, -0.05) is 39.3 Å². The van der Waals surface area contributed by atoms with Gasteiger partial charge in [-0.15, -0.1) is 0 Å². The van der Waals surface area contributed by atoms with E-state index >= 15 is 0 Å². The van der Waals surface area contributed by atoms with Crippen LogP contribution in [0.1, 0.15) is 34.1 Å². The molecule has 0 atom stereocenters. The molecule has 0 saturated heterocycles. The molecule has 3 nitrogen and oxygen atoms in total. The minimum atomic E-state index is -0.000839. The molecule has 0 saturated carbocycles. The van der Waals surface area contributed by atoms with Crippen LogP contribution >= 0.6 is 11.6 Å². The third-order valence-electron chi connectivity index (χ3n) is 2.38. The summed E-state index contributed by atoms with van der Waals surface area (Å²) in [5, 5.41) is 6.78. The maximum Gasteiger partial charge on any atom is 0.224 e. The Kier molecular flexibility index (Phi) is 5.03. The summed E-state index contributed by atoms with van der Waals surface area (Å²) in [5.74, 6) is -0.000839. The van der Waals surface area contributed by atoms with Gasteiger partial charge in [0.05, 0.1) is 10.7 Å². The van der Waals surface area contributed by atoms with E-state index in [9.17, 15) is 4.79 Å². The van der Waals surface area contributed by atoms with Gasteiger partial charge in [-0.05, 0) is 23.6 Å². The van der Waals surface area contributed by atoms with Crippen molar-refractivity contribution in [2.24, 2.45) is 5.41 Å². The summed E-state index contributed by atoms with van der Waals surface area (Å²) in [6.07, 6.45) is 0.466. The van der Waals surface area contributed by atoms with Gasteiger partial charge in [-0.2, -0.15) is 0 Å². The van der Waals surface area contributed by atoms with Crippen molar-refractivity contribution in [3.05, 3.63) is 23.2 Å².